The van der Waals surface area contributed by atoms with Crippen LogP contribution >= 0.6 is 11.8 Å². The first-order valence-electron chi connectivity index (χ1n) is 9.20. The molecule has 28 heavy (non-hydrogen) atoms. The fourth-order valence-electron chi connectivity index (χ4n) is 2.73. The van der Waals surface area contributed by atoms with Crippen LogP contribution in [0.25, 0.3) is 0 Å². The number of carbonyl (C=O) groups is 1. The molecule has 1 atom stereocenters. The van der Waals surface area contributed by atoms with E-state index in [1.807, 2.05) is 37.3 Å². The van der Waals surface area contributed by atoms with Gasteiger partial charge in [0.05, 0.1) is 16.8 Å². The Hall–Kier alpha value is -1.90. The number of benzene rings is 1. The van der Waals surface area contributed by atoms with Crippen molar-refractivity contribution in [1.82, 2.24) is 14.2 Å². The number of hydrogen-bond donors (Lipinski definition) is 0. The van der Waals surface area contributed by atoms with Gasteiger partial charge >= 0.3 is 0 Å². The van der Waals surface area contributed by atoms with Gasteiger partial charge in [-0.3, -0.25) is 4.79 Å². The predicted molar refractivity (Wildman–Crippen MR) is 113 cm³/mol. The zero-order chi connectivity index (χ0) is 20.7. The van der Waals surface area contributed by atoms with E-state index < -0.39 is 10.0 Å². The molecule has 0 aliphatic carbocycles. The Morgan fingerprint density at radius 1 is 1.11 bits per heavy atom. The maximum atomic E-state index is 12.5. The van der Waals surface area contributed by atoms with Gasteiger partial charge in [-0.05, 0) is 24.6 Å². The highest BCUT2D eigenvalue weighted by atomic mass is 32.2. The summed E-state index contributed by atoms with van der Waals surface area (Å²) in [6, 6.07) is 13.0. The molecule has 1 heterocycles. The molecule has 1 aromatic heterocycles. The first kappa shape index (κ1) is 22.4. The first-order valence-corrected chi connectivity index (χ1v) is 11.6. The fourth-order valence-corrected chi connectivity index (χ4v) is 4.90. The van der Waals surface area contributed by atoms with Crippen molar-refractivity contribution >= 4 is 27.7 Å². The number of rotatable bonds is 9. The molecule has 0 spiro atoms. The number of nitrogens with zero attached hydrogens (tertiary/aromatic N) is 3. The molecule has 0 bridgehead atoms. The number of amides is 1. The summed E-state index contributed by atoms with van der Waals surface area (Å²) in [4.78, 5) is 18.6. The van der Waals surface area contributed by atoms with Crippen LogP contribution in [0.15, 0.2) is 58.6 Å². The number of pyridine rings is 1. The van der Waals surface area contributed by atoms with Gasteiger partial charge in [-0.1, -0.05) is 55.9 Å². The third-order valence-electron chi connectivity index (χ3n) is 4.65. The van der Waals surface area contributed by atoms with Crippen molar-refractivity contribution in [3.05, 3.63) is 54.2 Å². The van der Waals surface area contributed by atoms with Crippen molar-refractivity contribution in [3.8, 4) is 0 Å². The van der Waals surface area contributed by atoms with Crippen LogP contribution in [0.4, 0.5) is 0 Å². The number of sulfonamides is 1. The summed E-state index contributed by atoms with van der Waals surface area (Å²) >= 11 is 1.30. The van der Waals surface area contributed by atoms with Crippen molar-refractivity contribution in [2.45, 2.75) is 36.7 Å². The van der Waals surface area contributed by atoms with Crippen LogP contribution in [0.1, 0.15) is 32.4 Å². The maximum Gasteiger partial charge on any atom is 0.244 e. The second kappa shape index (κ2) is 10.0. The number of thioether (sulfide) groups is 1. The second-order valence-corrected chi connectivity index (χ2v) is 9.24. The average molecular weight is 422 g/mol. The van der Waals surface area contributed by atoms with E-state index in [-0.39, 0.29) is 22.6 Å². The maximum absolute atomic E-state index is 12.5. The highest BCUT2D eigenvalue weighted by Gasteiger charge is 2.22. The molecule has 8 heteroatoms. The Labute approximate surface area is 172 Å². The summed E-state index contributed by atoms with van der Waals surface area (Å²) in [5.41, 5.74) is 1.08. The lowest BCUT2D eigenvalue weighted by Crippen LogP contribution is -2.31. The van der Waals surface area contributed by atoms with E-state index >= 15 is 0 Å². The Morgan fingerprint density at radius 2 is 1.75 bits per heavy atom. The van der Waals surface area contributed by atoms with Gasteiger partial charge in [-0.25, -0.2) is 13.4 Å². The zero-order valence-corrected chi connectivity index (χ0v) is 18.3. The Bertz CT molecular complexity index is 867. The van der Waals surface area contributed by atoms with Crippen LogP contribution in [0.5, 0.6) is 0 Å². The normalized spacial score (nSPS) is 12.8. The van der Waals surface area contributed by atoms with E-state index in [9.17, 15) is 13.2 Å². The van der Waals surface area contributed by atoms with Gasteiger partial charge in [0, 0.05) is 26.3 Å². The molecule has 2 aromatic rings. The first-order chi connectivity index (χ1) is 13.3. The molecule has 0 saturated carbocycles. The molecule has 6 nitrogen and oxygen atoms in total. The van der Waals surface area contributed by atoms with Crippen molar-refractivity contribution in [2.24, 2.45) is 0 Å². The fraction of sp³-hybridized carbons (Fsp3) is 0.400. The lowest BCUT2D eigenvalue weighted by molar-refractivity contribution is -0.128. The van der Waals surface area contributed by atoms with Crippen LogP contribution in [-0.4, -0.2) is 54.4 Å². The van der Waals surface area contributed by atoms with Gasteiger partial charge in [0.25, 0.3) is 0 Å². The molecule has 1 aromatic carbocycles. The molecule has 1 amide bonds. The lowest BCUT2D eigenvalue weighted by Gasteiger charge is -2.25. The summed E-state index contributed by atoms with van der Waals surface area (Å²) in [7, 11) is -1.73. The monoisotopic (exact) mass is 421 g/mol. The Balaban J connectivity index is 1.98. The SMILES string of the molecule is CCN(CC)S(=O)(=O)c1ccc(SCC(=O)N(C)C(C)c2ccccc2)nc1. The molecule has 0 radical (unpaired) electrons. The van der Waals surface area contributed by atoms with E-state index in [0.717, 1.165) is 5.56 Å². The topological polar surface area (TPSA) is 70.6 Å². The van der Waals surface area contributed by atoms with E-state index in [0.29, 0.717) is 18.1 Å². The molecule has 2 rings (SSSR count). The quantitative estimate of drug-likeness (QED) is 0.580. The van der Waals surface area contributed by atoms with Crippen molar-refractivity contribution in [1.29, 1.82) is 0 Å². The minimum Gasteiger partial charge on any atom is -0.338 e. The van der Waals surface area contributed by atoms with Crippen LogP contribution in [-0.2, 0) is 14.8 Å². The van der Waals surface area contributed by atoms with Crippen LogP contribution < -0.4 is 0 Å². The minimum absolute atomic E-state index is 0.0111. The lowest BCUT2D eigenvalue weighted by atomic mass is 10.1. The molecular weight excluding hydrogens is 394 g/mol. The molecule has 0 saturated heterocycles. The molecule has 0 N–H and O–H groups in total. The Kier molecular flexibility index (Phi) is 8.03. The molecule has 1 unspecified atom stereocenters. The van der Waals surface area contributed by atoms with Gasteiger partial charge in [0.15, 0.2) is 0 Å². The van der Waals surface area contributed by atoms with E-state index in [2.05, 4.69) is 4.98 Å². The third kappa shape index (κ3) is 5.33. The smallest absolute Gasteiger partial charge is 0.244 e. The van der Waals surface area contributed by atoms with Crippen LogP contribution in [0.2, 0.25) is 0 Å². The number of carbonyl (C=O) groups excluding carboxylic acids is 1. The molecule has 152 valence electrons. The minimum atomic E-state index is -3.52. The standard InChI is InChI=1S/C20H27N3O3S2/c1-5-23(6-2)28(25,26)18-12-13-19(21-14-18)27-15-20(24)22(4)16(3)17-10-8-7-9-11-17/h7-14,16H,5-6,15H2,1-4H3. The van der Waals surface area contributed by atoms with E-state index in [1.54, 1.807) is 37.9 Å². The summed E-state index contributed by atoms with van der Waals surface area (Å²) in [6.45, 7) is 6.42. The van der Waals surface area contributed by atoms with Gasteiger partial charge in [0.1, 0.15) is 4.90 Å². The van der Waals surface area contributed by atoms with Crippen LogP contribution in [0, 0.1) is 0 Å². The van der Waals surface area contributed by atoms with E-state index in [4.69, 9.17) is 0 Å². The molecule has 0 aliphatic rings. The predicted octanol–water partition coefficient (Wildman–Crippen LogP) is 3.42. The third-order valence-corrected chi connectivity index (χ3v) is 7.61. The average Bonchev–Trinajstić information content (AvgIpc) is 2.72. The Morgan fingerprint density at radius 3 is 2.29 bits per heavy atom. The molecule has 0 fully saturated rings. The van der Waals surface area contributed by atoms with Crippen molar-refractivity contribution in [3.63, 3.8) is 0 Å². The zero-order valence-electron chi connectivity index (χ0n) is 16.7. The highest BCUT2D eigenvalue weighted by Crippen LogP contribution is 2.22. The van der Waals surface area contributed by atoms with Gasteiger partial charge in [-0.2, -0.15) is 4.31 Å². The second-order valence-electron chi connectivity index (χ2n) is 6.30. The number of hydrogen-bond acceptors (Lipinski definition) is 5. The van der Waals surface area contributed by atoms with Gasteiger partial charge < -0.3 is 4.90 Å². The van der Waals surface area contributed by atoms with E-state index in [1.165, 1.54) is 22.3 Å². The summed E-state index contributed by atoms with van der Waals surface area (Å²) in [5, 5.41) is 0.618. The molecular formula is C20H27N3O3S2. The van der Waals surface area contributed by atoms with Crippen LogP contribution in [0.3, 0.4) is 0 Å². The summed E-state index contributed by atoms with van der Waals surface area (Å²) in [6.07, 6.45) is 1.36. The van der Waals surface area contributed by atoms with Gasteiger partial charge in [-0.15, -0.1) is 0 Å². The summed E-state index contributed by atoms with van der Waals surface area (Å²) in [5.74, 6) is 0.228. The van der Waals surface area contributed by atoms with Gasteiger partial charge in [0.2, 0.25) is 15.9 Å². The summed E-state index contributed by atoms with van der Waals surface area (Å²) < 4.78 is 26.4. The largest absolute Gasteiger partial charge is 0.338 e. The van der Waals surface area contributed by atoms with Crippen molar-refractivity contribution < 1.29 is 13.2 Å². The highest BCUT2D eigenvalue weighted by molar-refractivity contribution is 7.99. The molecule has 0 aliphatic heterocycles. The number of aromatic nitrogens is 1. The van der Waals surface area contributed by atoms with Crippen molar-refractivity contribution in [2.75, 3.05) is 25.9 Å².